The predicted octanol–water partition coefficient (Wildman–Crippen LogP) is 2.01. The lowest BCUT2D eigenvalue weighted by atomic mass is 10.1. The van der Waals surface area contributed by atoms with Crippen LogP contribution in [0, 0.1) is 12.8 Å². The maximum atomic E-state index is 6.09. The number of hydrogen-bond acceptors (Lipinski definition) is 4. The van der Waals surface area contributed by atoms with Crippen LogP contribution >= 0.6 is 11.3 Å². The number of nitrogens with zero attached hydrogens (tertiary/aromatic N) is 2. The van der Waals surface area contributed by atoms with Crippen molar-refractivity contribution >= 4 is 11.3 Å². The molecule has 0 amide bonds. The molecule has 1 fully saturated rings. The first-order valence-electron chi connectivity index (χ1n) is 6.00. The highest BCUT2D eigenvalue weighted by atomic mass is 32.1. The molecule has 1 heterocycles. The van der Waals surface area contributed by atoms with Gasteiger partial charge in [-0.25, -0.2) is 4.98 Å². The van der Waals surface area contributed by atoms with Crippen LogP contribution in [0.1, 0.15) is 29.8 Å². The predicted molar refractivity (Wildman–Crippen MR) is 68.5 cm³/mol. The highest BCUT2D eigenvalue weighted by molar-refractivity contribution is 7.09. The van der Waals surface area contributed by atoms with Crippen LogP contribution in [0.25, 0.3) is 0 Å². The fourth-order valence-corrected chi connectivity index (χ4v) is 2.79. The average molecular weight is 239 g/mol. The Hall–Kier alpha value is -0.450. The van der Waals surface area contributed by atoms with Crippen LogP contribution in [0.5, 0.6) is 0 Å². The third kappa shape index (κ3) is 3.27. The summed E-state index contributed by atoms with van der Waals surface area (Å²) < 4.78 is 0. The van der Waals surface area contributed by atoms with Crippen LogP contribution in [-0.4, -0.2) is 29.5 Å². The molecule has 1 aromatic heterocycles. The minimum Gasteiger partial charge on any atom is -0.327 e. The molecule has 1 aliphatic carbocycles. The summed E-state index contributed by atoms with van der Waals surface area (Å²) >= 11 is 1.75. The van der Waals surface area contributed by atoms with Crippen LogP contribution in [-0.2, 0) is 6.54 Å². The number of nitrogens with two attached hydrogens (primary N) is 1. The number of aromatic nitrogens is 1. The first kappa shape index (κ1) is 12.0. The van der Waals surface area contributed by atoms with E-state index in [0.717, 1.165) is 25.4 Å². The molecule has 2 N–H and O–H groups in total. The van der Waals surface area contributed by atoms with Gasteiger partial charge in [-0.2, -0.15) is 0 Å². The Morgan fingerprint density at radius 2 is 2.38 bits per heavy atom. The third-order valence-electron chi connectivity index (χ3n) is 3.33. The summed E-state index contributed by atoms with van der Waals surface area (Å²) in [5, 5.41) is 0. The summed E-state index contributed by atoms with van der Waals surface area (Å²) in [6.45, 7) is 4.18. The van der Waals surface area contributed by atoms with Gasteiger partial charge in [0.05, 0.1) is 11.2 Å². The highest BCUT2D eigenvalue weighted by Crippen LogP contribution is 2.32. The van der Waals surface area contributed by atoms with Crippen molar-refractivity contribution in [3.05, 3.63) is 16.1 Å². The molecule has 4 heteroatoms. The minimum atomic E-state index is 0.421. The van der Waals surface area contributed by atoms with Crippen LogP contribution in [0.2, 0.25) is 0 Å². The van der Waals surface area contributed by atoms with Crippen molar-refractivity contribution in [1.29, 1.82) is 0 Å². The maximum absolute atomic E-state index is 6.09. The Bertz CT molecular complexity index is 333. The van der Waals surface area contributed by atoms with Gasteiger partial charge in [-0.15, -0.1) is 11.3 Å². The maximum Gasteiger partial charge on any atom is 0.0798 e. The fourth-order valence-electron chi connectivity index (χ4n) is 1.93. The molecule has 1 aliphatic rings. The third-order valence-corrected chi connectivity index (χ3v) is 4.25. The summed E-state index contributed by atoms with van der Waals surface area (Å²) in [5.41, 5.74) is 9.19. The van der Waals surface area contributed by atoms with Gasteiger partial charge >= 0.3 is 0 Å². The van der Waals surface area contributed by atoms with E-state index in [1.807, 2.05) is 5.51 Å². The number of rotatable bonds is 6. The SMILES string of the molecule is Cc1ncsc1CN(C)CCC(N)C1CC1. The average Bonchev–Trinajstić information content (AvgIpc) is 3.02. The van der Waals surface area contributed by atoms with Gasteiger partial charge in [0, 0.05) is 17.5 Å². The van der Waals surface area contributed by atoms with Crippen LogP contribution in [0.3, 0.4) is 0 Å². The van der Waals surface area contributed by atoms with E-state index in [2.05, 4.69) is 23.9 Å². The summed E-state index contributed by atoms with van der Waals surface area (Å²) in [6.07, 6.45) is 3.82. The van der Waals surface area contributed by atoms with Gasteiger partial charge in [-0.3, -0.25) is 0 Å². The fraction of sp³-hybridized carbons (Fsp3) is 0.750. The van der Waals surface area contributed by atoms with E-state index in [0.29, 0.717) is 6.04 Å². The standard InChI is InChI=1S/C12H21N3S/c1-9-12(16-8-14-9)7-15(2)6-5-11(13)10-3-4-10/h8,10-11H,3-7,13H2,1-2H3. The highest BCUT2D eigenvalue weighted by Gasteiger charge is 2.28. The van der Waals surface area contributed by atoms with Crippen molar-refractivity contribution in [3.63, 3.8) is 0 Å². The molecule has 1 aromatic rings. The van der Waals surface area contributed by atoms with Crippen molar-refractivity contribution in [2.24, 2.45) is 11.7 Å². The number of hydrogen-bond donors (Lipinski definition) is 1. The summed E-state index contributed by atoms with van der Waals surface area (Å²) in [6, 6.07) is 0.421. The summed E-state index contributed by atoms with van der Waals surface area (Å²) in [5.74, 6) is 0.818. The zero-order chi connectivity index (χ0) is 11.5. The van der Waals surface area contributed by atoms with E-state index >= 15 is 0 Å². The largest absolute Gasteiger partial charge is 0.327 e. The summed E-state index contributed by atoms with van der Waals surface area (Å²) in [4.78, 5) is 8.00. The Kier molecular flexibility index (Phi) is 3.95. The molecule has 0 aromatic carbocycles. The molecule has 1 atom stereocenters. The number of aryl methyl sites for hydroxylation is 1. The van der Waals surface area contributed by atoms with Crippen molar-refractivity contribution in [3.8, 4) is 0 Å². The zero-order valence-corrected chi connectivity index (χ0v) is 11.0. The van der Waals surface area contributed by atoms with Gasteiger partial charge in [0.2, 0.25) is 0 Å². The van der Waals surface area contributed by atoms with Crippen molar-refractivity contribution < 1.29 is 0 Å². The molecule has 3 nitrogen and oxygen atoms in total. The van der Waals surface area contributed by atoms with E-state index in [-0.39, 0.29) is 0 Å². The minimum absolute atomic E-state index is 0.421. The van der Waals surface area contributed by atoms with Gasteiger partial charge < -0.3 is 10.6 Å². The second kappa shape index (κ2) is 5.25. The van der Waals surface area contributed by atoms with Gasteiger partial charge in [0.1, 0.15) is 0 Å². The van der Waals surface area contributed by atoms with Gasteiger partial charge in [0.15, 0.2) is 0 Å². The second-order valence-electron chi connectivity index (χ2n) is 4.89. The molecule has 2 rings (SSSR count). The lowest BCUT2D eigenvalue weighted by Crippen LogP contribution is -2.29. The molecular weight excluding hydrogens is 218 g/mol. The molecule has 0 bridgehead atoms. The normalized spacial score (nSPS) is 18.0. The van der Waals surface area contributed by atoms with Crippen molar-refractivity contribution in [2.45, 2.75) is 38.8 Å². The second-order valence-corrected chi connectivity index (χ2v) is 5.83. The van der Waals surface area contributed by atoms with Crippen molar-refractivity contribution in [2.75, 3.05) is 13.6 Å². The first-order valence-corrected chi connectivity index (χ1v) is 6.88. The molecule has 0 spiro atoms. The lowest BCUT2D eigenvalue weighted by molar-refractivity contribution is 0.307. The van der Waals surface area contributed by atoms with Gasteiger partial charge in [0.25, 0.3) is 0 Å². The molecule has 0 radical (unpaired) electrons. The topological polar surface area (TPSA) is 42.2 Å². The first-order chi connectivity index (χ1) is 7.66. The molecule has 1 saturated carbocycles. The lowest BCUT2D eigenvalue weighted by Gasteiger charge is -2.18. The molecule has 1 unspecified atom stereocenters. The zero-order valence-electron chi connectivity index (χ0n) is 10.1. The van der Waals surface area contributed by atoms with E-state index in [1.165, 1.54) is 23.4 Å². The quantitative estimate of drug-likeness (QED) is 0.825. The molecule has 90 valence electrons. The monoisotopic (exact) mass is 239 g/mol. The molecular formula is C12H21N3S. The van der Waals surface area contributed by atoms with Gasteiger partial charge in [-0.05, 0) is 45.7 Å². The Morgan fingerprint density at radius 1 is 1.62 bits per heavy atom. The smallest absolute Gasteiger partial charge is 0.0798 e. The molecule has 0 aliphatic heterocycles. The Morgan fingerprint density at radius 3 is 2.94 bits per heavy atom. The van der Waals surface area contributed by atoms with E-state index in [4.69, 9.17) is 5.73 Å². The molecule has 16 heavy (non-hydrogen) atoms. The van der Waals surface area contributed by atoms with Gasteiger partial charge in [-0.1, -0.05) is 0 Å². The Labute approximate surface area is 102 Å². The van der Waals surface area contributed by atoms with Crippen molar-refractivity contribution in [1.82, 2.24) is 9.88 Å². The van der Waals surface area contributed by atoms with E-state index in [1.54, 1.807) is 11.3 Å². The van der Waals surface area contributed by atoms with Crippen LogP contribution < -0.4 is 5.73 Å². The van der Waals surface area contributed by atoms with Crippen LogP contribution in [0.15, 0.2) is 5.51 Å². The van der Waals surface area contributed by atoms with E-state index in [9.17, 15) is 0 Å². The van der Waals surface area contributed by atoms with E-state index < -0.39 is 0 Å². The van der Waals surface area contributed by atoms with Crippen LogP contribution in [0.4, 0.5) is 0 Å². The Balaban J connectivity index is 1.71. The number of thiazole rings is 1. The summed E-state index contributed by atoms with van der Waals surface area (Å²) in [7, 11) is 2.17. The molecule has 0 saturated heterocycles.